The lowest BCUT2D eigenvalue weighted by molar-refractivity contribution is 0.0601. The molecule has 23 heavy (non-hydrogen) atoms. The Hall–Kier alpha value is -2.88. The van der Waals surface area contributed by atoms with Gasteiger partial charge in [0.05, 0.1) is 18.4 Å². The van der Waals surface area contributed by atoms with Crippen LogP contribution in [0.25, 0.3) is 0 Å². The molecule has 0 unspecified atom stereocenters. The van der Waals surface area contributed by atoms with Crippen LogP contribution in [-0.2, 0) is 11.2 Å². The van der Waals surface area contributed by atoms with Crippen LogP contribution >= 0.6 is 0 Å². The third-order valence-corrected chi connectivity index (χ3v) is 3.45. The predicted molar refractivity (Wildman–Crippen MR) is 90.7 cm³/mol. The largest absolute Gasteiger partial charge is 0.465 e. The molecule has 0 saturated carbocycles. The summed E-state index contributed by atoms with van der Waals surface area (Å²) in [6, 6.07) is 14.5. The smallest absolute Gasteiger partial charge is 0.339 e. The van der Waals surface area contributed by atoms with E-state index in [1.807, 2.05) is 24.3 Å². The van der Waals surface area contributed by atoms with Gasteiger partial charge in [-0.1, -0.05) is 43.3 Å². The number of carbonyl (C=O) groups excluding carboxylic acids is 2. The van der Waals surface area contributed by atoms with E-state index in [1.54, 1.807) is 24.3 Å². The summed E-state index contributed by atoms with van der Waals surface area (Å²) >= 11 is 0. The van der Waals surface area contributed by atoms with Gasteiger partial charge in [-0.15, -0.1) is 0 Å². The van der Waals surface area contributed by atoms with Crippen molar-refractivity contribution in [3.8, 4) is 0 Å². The maximum Gasteiger partial charge on any atom is 0.339 e. The number of ketones is 1. The Kier molecular flexibility index (Phi) is 5.69. The van der Waals surface area contributed by atoms with Gasteiger partial charge in [0, 0.05) is 17.8 Å². The minimum Gasteiger partial charge on any atom is -0.465 e. The summed E-state index contributed by atoms with van der Waals surface area (Å²) in [6.45, 7) is 2.07. The van der Waals surface area contributed by atoms with Crippen LogP contribution in [0.2, 0.25) is 0 Å². The maximum atomic E-state index is 12.1. The number of benzene rings is 2. The van der Waals surface area contributed by atoms with Crippen molar-refractivity contribution in [1.82, 2.24) is 0 Å². The zero-order valence-corrected chi connectivity index (χ0v) is 13.2. The number of rotatable bonds is 6. The monoisotopic (exact) mass is 309 g/mol. The Morgan fingerprint density at radius 1 is 1.09 bits per heavy atom. The second kappa shape index (κ2) is 7.94. The van der Waals surface area contributed by atoms with Crippen molar-refractivity contribution < 1.29 is 14.3 Å². The molecule has 0 aliphatic carbocycles. The number of nitrogens with one attached hydrogen (secondary N) is 1. The highest BCUT2D eigenvalue weighted by Gasteiger charge is 2.09. The number of anilines is 1. The molecule has 0 amide bonds. The van der Waals surface area contributed by atoms with Crippen LogP contribution in [0, 0.1) is 0 Å². The fourth-order valence-corrected chi connectivity index (χ4v) is 2.11. The molecule has 0 aliphatic rings. The molecule has 0 bridgehead atoms. The van der Waals surface area contributed by atoms with Gasteiger partial charge < -0.3 is 10.1 Å². The van der Waals surface area contributed by atoms with E-state index in [-0.39, 0.29) is 5.78 Å². The summed E-state index contributed by atoms with van der Waals surface area (Å²) in [6.07, 6.45) is 3.91. The fraction of sp³-hybridized carbons (Fsp3) is 0.158. The third-order valence-electron chi connectivity index (χ3n) is 3.45. The highest BCUT2D eigenvalue weighted by molar-refractivity contribution is 6.04. The molecule has 0 saturated heterocycles. The van der Waals surface area contributed by atoms with E-state index in [2.05, 4.69) is 12.2 Å². The number of aryl methyl sites for hydroxylation is 1. The number of ether oxygens (including phenoxy) is 1. The molecule has 0 spiro atoms. The molecule has 2 aromatic carbocycles. The van der Waals surface area contributed by atoms with E-state index in [0.717, 1.165) is 6.42 Å². The van der Waals surface area contributed by atoms with E-state index < -0.39 is 5.97 Å². The lowest BCUT2D eigenvalue weighted by Gasteiger charge is -2.06. The van der Waals surface area contributed by atoms with Gasteiger partial charge in [0.25, 0.3) is 0 Å². The summed E-state index contributed by atoms with van der Waals surface area (Å²) in [7, 11) is 1.33. The van der Waals surface area contributed by atoms with E-state index in [1.165, 1.54) is 24.9 Å². The van der Waals surface area contributed by atoms with Crippen LogP contribution in [-0.4, -0.2) is 18.9 Å². The van der Waals surface area contributed by atoms with Gasteiger partial charge in [-0.2, -0.15) is 0 Å². The molecule has 0 fully saturated rings. The summed E-state index contributed by atoms with van der Waals surface area (Å²) in [5, 5.41) is 2.95. The average Bonchev–Trinajstić information content (AvgIpc) is 2.61. The van der Waals surface area contributed by atoms with Gasteiger partial charge in [-0.25, -0.2) is 4.79 Å². The number of hydrogen-bond acceptors (Lipinski definition) is 4. The molecule has 4 heteroatoms. The van der Waals surface area contributed by atoms with Crippen LogP contribution in [0.4, 0.5) is 5.69 Å². The van der Waals surface area contributed by atoms with Gasteiger partial charge in [-0.3, -0.25) is 4.79 Å². The number of esters is 1. The van der Waals surface area contributed by atoms with Gasteiger partial charge in [0.1, 0.15) is 0 Å². The SMILES string of the molecule is CCc1ccc(C(=O)C=CNc2ccccc2C(=O)OC)cc1. The molecule has 0 aromatic heterocycles. The van der Waals surface area contributed by atoms with E-state index in [9.17, 15) is 9.59 Å². The standard InChI is InChI=1S/C19H19NO3/c1-3-14-8-10-15(11-9-14)18(21)12-13-20-17-7-5-4-6-16(17)19(22)23-2/h4-13,20H,3H2,1-2H3. The number of methoxy groups -OCH3 is 1. The second-order valence-corrected chi connectivity index (χ2v) is 4.93. The van der Waals surface area contributed by atoms with Crippen molar-refractivity contribution in [2.24, 2.45) is 0 Å². The van der Waals surface area contributed by atoms with Gasteiger partial charge in [0.2, 0.25) is 0 Å². The normalized spacial score (nSPS) is 10.5. The Morgan fingerprint density at radius 3 is 2.43 bits per heavy atom. The number of allylic oxidation sites excluding steroid dienone is 1. The fourth-order valence-electron chi connectivity index (χ4n) is 2.11. The van der Waals surface area contributed by atoms with Crippen LogP contribution in [0.5, 0.6) is 0 Å². The minimum atomic E-state index is -0.428. The van der Waals surface area contributed by atoms with Crippen molar-refractivity contribution in [2.75, 3.05) is 12.4 Å². The third kappa shape index (κ3) is 4.30. The molecule has 118 valence electrons. The van der Waals surface area contributed by atoms with Crippen LogP contribution in [0.15, 0.2) is 60.8 Å². The lowest BCUT2D eigenvalue weighted by Crippen LogP contribution is -2.05. The topological polar surface area (TPSA) is 55.4 Å². The second-order valence-electron chi connectivity index (χ2n) is 4.93. The van der Waals surface area contributed by atoms with Crippen LogP contribution < -0.4 is 5.32 Å². The molecule has 0 aliphatic heterocycles. The molecule has 1 N–H and O–H groups in total. The molecule has 2 rings (SSSR count). The molecule has 4 nitrogen and oxygen atoms in total. The first-order valence-electron chi connectivity index (χ1n) is 7.39. The maximum absolute atomic E-state index is 12.1. The molecular formula is C19H19NO3. The summed E-state index contributed by atoms with van der Waals surface area (Å²) < 4.78 is 4.73. The summed E-state index contributed by atoms with van der Waals surface area (Å²) in [5.74, 6) is -0.529. The number of hydrogen-bond donors (Lipinski definition) is 1. The molecule has 0 heterocycles. The summed E-state index contributed by atoms with van der Waals surface area (Å²) in [4.78, 5) is 23.8. The van der Waals surface area contributed by atoms with Gasteiger partial charge in [-0.05, 0) is 24.1 Å². The zero-order chi connectivity index (χ0) is 16.7. The Bertz CT molecular complexity index is 718. The first-order chi connectivity index (χ1) is 11.2. The molecule has 0 radical (unpaired) electrons. The van der Waals surface area contributed by atoms with Crippen molar-refractivity contribution >= 4 is 17.4 Å². The first kappa shape index (κ1) is 16.5. The highest BCUT2D eigenvalue weighted by Crippen LogP contribution is 2.16. The quantitative estimate of drug-likeness (QED) is 0.500. The number of para-hydroxylation sites is 1. The Morgan fingerprint density at radius 2 is 1.78 bits per heavy atom. The molecule has 0 atom stereocenters. The van der Waals surface area contributed by atoms with E-state index in [0.29, 0.717) is 16.8 Å². The molecular weight excluding hydrogens is 290 g/mol. The van der Waals surface area contributed by atoms with Gasteiger partial charge in [0.15, 0.2) is 5.78 Å². The highest BCUT2D eigenvalue weighted by atomic mass is 16.5. The van der Waals surface area contributed by atoms with Crippen LogP contribution in [0.3, 0.4) is 0 Å². The van der Waals surface area contributed by atoms with E-state index >= 15 is 0 Å². The van der Waals surface area contributed by atoms with Crippen molar-refractivity contribution in [2.45, 2.75) is 13.3 Å². The average molecular weight is 309 g/mol. The Balaban J connectivity index is 2.06. The molecule has 2 aromatic rings. The Labute approximate surface area is 135 Å². The first-order valence-corrected chi connectivity index (χ1v) is 7.39. The van der Waals surface area contributed by atoms with Gasteiger partial charge >= 0.3 is 5.97 Å². The number of carbonyl (C=O) groups is 2. The van der Waals surface area contributed by atoms with Crippen molar-refractivity contribution in [3.05, 3.63) is 77.5 Å². The van der Waals surface area contributed by atoms with Crippen LogP contribution in [0.1, 0.15) is 33.2 Å². The predicted octanol–water partition coefficient (Wildman–Crippen LogP) is 3.84. The van der Waals surface area contributed by atoms with Crippen molar-refractivity contribution in [1.29, 1.82) is 0 Å². The minimum absolute atomic E-state index is 0.101. The van der Waals surface area contributed by atoms with E-state index in [4.69, 9.17) is 4.74 Å². The lowest BCUT2D eigenvalue weighted by atomic mass is 10.1. The summed E-state index contributed by atoms with van der Waals surface area (Å²) in [5.41, 5.74) is 2.82. The van der Waals surface area contributed by atoms with Crippen molar-refractivity contribution in [3.63, 3.8) is 0 Å². The zero-order valence-electron chi connectivity index (χ0n) is 13.2.